The van der Waals surface area contributed by atoms with E-state index in [0.717, 1.165) is 36.1 Å². The average Bonchev–Trinajstić information content (AvgIpc) is 3.07. The summed E-state index contributed by atoms with van der Waals surface area (Å²) >= 11 is 12.2. The zero-order chi connectivity index (χ0) is 21.0. The van der Waals surface area contributed by atoms with E-state index in [1.54, 1.807) is 12.1 Å². The Labute approximate surface area is 189 Å². The first kappa shape index (κ1) is 23.6. The summed E-state index contributed by atoms with van der Waals surface area (Å²) in [7, 11) is 0. The lowest BCUT2D eigenvalue weighted by Gasteiger charge is -2.42. The Balaban J connectivity index is 0.00000256. The second kappa shape index (κ2) is 8.16. The standard InChI is InChI=1S/C22H21Cl2F4N.ClH/c1-20(25,22(26,27)28)15-4-5-16-14(11-15)3-7-19-21(16,8-9-29-19)12-13-2-6-17(23)18(24)10-13;/h2,4-6,10-11,19,29H,3,7-9,12H2,1H3;1H. The van der Waals surface area contributed by atoms with Crippen LogP contribution in [0.25, 0.3) is 0 Å². The summed E-state index contributed by atoms with van der Waals surface area (Å²) < 4.78 is 54.1. The monoisotopic (exact) mass is 481 g/mol. The number of benzene rings is 2. The van der Waals surface area contributed by atoms with Gasteiger partial charge in [0.15, 0.2) is 0 Å². The smallest absolute Gasteiger partial charge is 0.313 e. The van der Waals surface area contributed by atoms with Crippen LogP contribution in [-0.2, 0) is 23.9 Å². The topological polar surface area (TPSA) is 12.0 Å². The molecule has 0 spiro atoms. The molecule has 0 amide bonds. The zero-order valence-electron chi connectivity index (χ0n) is 16.3. The number of hydrogen-bond donors (Lipinski definition) is 1. The quantitative estimate of drug-likeness (QED) is 0.467. The predicted octanol–water partition coefficient (Wildman–Crippen LogP) is 6.95. The predicted molar refractivity (Wildman–Crippen MR) is 115 cm³/mol. The second-order valence-electron chi connectivity index (χ2n) is 8.25. The molecule has 1 heterocycles. The third-order valence-electron chi connectivity index (χ3n) is 6.55. The second-order valence-corrected chi connectivity index (χ2v) is 9.06. The number of nitrogens with one attached hydrogen (secondary N) is 1. The summed E-state index contributed by atoms with van der Waals surface area (Å²) in [4.78, 5) is 0. The third-order valence-corrected chi connectivity index (χ3v) is 7.29. The van der Waals surface area contributed by atoms with Crippen molar-refractivity contribution in [3.8, 4) is 0 Å². The van der Waals surface area contributed by atoms with E-state index in [0.29, 0.717) is 29.8 Å². The molecule has 164 valence electrons. The Morgan fingerprint density at radius 2 is 1.80 bits per heavy atom. The molecule has 0 aromatic heterocycles. The van der Waals surface area contributed by atoms with E-state index in [2.05, 4.69) is 5.32 Å². The first-order valence-corrected chi connectivity index (χ1v) is 10.4. The molecule has 0 bridgehead atoms. The maximum atomic E-state index is 14.5. The molecule has 1 N–H and O–H groups in total. The molecule has 4 rings (SSSR count). The van der Waals surface area contributed by atoms with Crippen LogP contribution in [0.3, 0.4) is 0 Å². The van der Waals surface area contributed by atoms with Gasteiger partial charge < -0.3 is 5.32 Å². The maximum absolute atomic E-state index is 14.5. The van der Waals surface area contributed by atoms with E-state index < -0.39 is 11.8 Å². The van der Waals surface area contributed by atoms with E-state index in [1.807, 2.05) is 12.1 Å². The van der Waals surface area contributed by atoms with Crippen molar-refractivity contribution in [2.24, 2.45) is 0 Å². The highest BCUT2D eigenvalue weighted by atomic mass is 35.5. The van der Waals surface area contributed by atoms with Crippen LogP contribution in [-0.4, -0.2) is 18.8 Å². The fraction of sp³-hybridized carbons (Fsp3) is 0.455. The Hall–Kier alpha value is -1.01. The van der Waals surface area contributed by atoms with Gasteiger partial charge in [-0.2, -0.15) is 13.2 Å². The highest BCUT2D eigenvalue weighted by Crippen LogP contribution is 2.48. The minimum absolute atomic E-state index is 0. The molecular formula is C22H22Cl3F4N. The minimum Gasteiger partial charge on any atom is -0.313 e. The van der Waals surface area contributed by atoms with Crippen molar-refractivity contribution < 1.29 is 17.6 Å². The zero-order valence-corrected chi connectivity index (χ0v) is 18.6. The van der Waals surface area contributed by atoms with Crippen molar-refractivity contribution in [3.05, 3.63) is 68.7 Å². The van der Waals surface area contributed by atoms with Crippen LogP contribution >= 0.6 is 35.6 Å². The maximum Gasteiger partial charge on any atom is 0.426 e. The van der Waals surface area contributed by atoms with E-state index in [-0.39, 0.29) is 29.4 Å². The van der Waals surface area contributed by atoms with Gasteiger partial charge in [-0.25, -0.2) is 4.39 Å². The molecule has 30 heavy (non-hydrogen) atoms. The number of aryl methyl sites for hydroxylation is 1. The van der Waals surface area contributed by atoms with Gasteiger partial charge in [0.1, 0.15) is 0 Å². The van der Waals surface area contributed by atoms with Crippen LogP contribution in [0.15, 0.2) is 36.4 Å². The summed E-state index contributed by atoms with van der Waals surface area (Å²) in [6.45, 7) is 1.42. The van der Waals surface area contributed by atoms with Crippen LogP contribution in [0.4, 0.5) is 17.6 Å². The molecule has 1 fully saturated rings. The molecular weight excluding hydrogens is 461 g/mol. The fourth-order valence-electron chi connectivity index (χ4n) is 4.90. The van der Waals surface area contributed by atoms with Crippen LogP contribution in [0.2, 0.25) is 10.0 Å². The molecule has 3 atom stereocenters. The molecule has 1 nitrogen and oxygen atoms in total. The molecule has 2 aromatic rings. The molecule has 2 aromatic carbocycles. The van der Waals surface area contributed by atoms with Gasteiger partial charge in [0.25, 0.3) is 0 Å². The van der Waals surface area contributed by atoms with Gasteiger partial charge in [-0.15, -0.1) is 12.4 Å². The highest BCUT2D eigenvalue weighted by molar-refractivity contribution is 6.42. The van der Waals surface area contributed by atoms with Crippen molar-refractivity contribution in [3.63, 3.8) is 0 Å². The van der Waals surface area contributed by atoms with Crippen LogP contribution in [0.5, 0.6) is 0 Å². The van der Waals surface area contributed by atoms with Crippen LogP contribution < -0.4 is 5.32 Å². The van der Waals surface area contributed by atoms with E-state index >= 15 is 0 Å². The lowest BCUT2D eigenvalue weighted by Crippen LogP contribution is -2.46. The number of halogens is 7. The molecule has 3 unspecified atom stereocenters. The van der Waals surface area contributed by atoms with Crippen molar-refractivity contribution in [2.75, 3.05) is 6.54 Å². The van der Waals surface area contributed by atoms with Gasteiger partial charge in [0.2, 0.25) is 5.67 Å². The number of fused-ring (bicyclic) bond motifs is 3. The van der Waals surface area contributed by atoms with Gasteiger partial charge in [0.05, 0.1) is 10.0 Å². The van der Waals surface area contributed by atoms with Crippen LogP contribution in [0.1, 0.15) is 42.0 Å². The molecule has 8 heteroatoms. The van der Waals surface area contributed by atoms with Crippen molar-refractivity contribution in [1.82, 2.24) is 5.32 Å². The van der Waals surface area contributed by atoms with Gasteiger partial charge in [-0.1, -0.05) is 47.5 Å². The van der Waals surface area contributed by atoms with Gasteiger partial charge in [-0.05, 0) is 73.5 Å². The van der Waals surface area contributed by atoms with Crippen molar-refractivity contribution >= 4 is 35.6 Å². The van der Waals surface area contributed by atoms with Gasteiger partial charge in [0, 0.05) is 11.5 Å². The molecule has 0 saturated carbocycles. The van der Waals surface area contributed by atoms with E-state index in [9.17, 15) is 17.6 Å². The number of alkyl halides is 4. The Morgan fingerprint density at radius 3 is 2.47 bits per heavy atom. The van der Waals surface area contributed by atoms with Gasteiger partial charge >= 0.3 is 6.18 Å². The summed E-state index contributed by atoms with van der Waals surface area (Å²) in [6, 6.07) is 10.2. The third kappa shape index (κ3) is 3.83. The summed E-state index contributed by atoms with van der Waals surface area (Å²) in [6.07, 6.45) is -1.98. The van der Waals surface area contributed by atoms with Crippen molar-refractivity contribution in [1.29, 1.82) is 0 Å². The van der Waals surface area contributed by atoms with E-state index in [1.165, 1.54) is 12.1 Å². The normalized spacial score (nSPS) is 25.1. The van der Waals surface area contributed by atoms with Crippen molar-refractivity contribution in [2.45, 2.75) is 55.9 Å². The number of rotatable bonds is 3. The Bertz CT molecular complexity index is 944. The first-order chi connectivity index (χ1) is 13.5. The summed E-state index contributed by atoms with van der Waals surface area (Å²) in [5, 5.41) is 4.51. The highest BCUT2D eigenvalue weighted by Gasteiger charge is 2.54. The molecule has 1 aliphatic heterocycles. The van der Waals surface area contributed by atoms with Gasteiger partial charge in [-0.3, -0.25) is 0 Å². The molecule has 1 saturated heterocycles. The fourth-order valence-corrected chi connectivity index (χ4v) is 5.22. The largest absolute Gasteiger partial charge is 0.426 e. The Kier molecular flexibility index (Phi) is 6.43. The molecule has 2 aliphatic rings. The summed E-state index contributed by atoms with van der Waals surface area (Å²) in [5.41, 5.74) is -1.13. The summed E-state index contributed by atoms with van der Waals surface area (Å²) in [5.74, 6) is 0. The lowest BCUT2D eigenvalue weighted by molar-refractivity contribution is -0.228. The number of hydrogen-bond acceptors (Lipinski definition) is 1. The molecule has 1 aliphatic carbocycles. The SMILES string of the molecule is CC(F)(c1ccc2c(c1)CCC1NCCC21Cc1ccc(Cl)c(Cl)c1)C(F)(F)F.Cl. The lowest BCUT2D eigenvalue weighted by atomic mass is 9.63. The average molecular weight is 483 g/mol. The first-order valence-electron chi connectivity index (χ1n) is 9.61. The van der Waals surface area contributed by atoms with E-state index in [4.69, 9.17) is 23.2 Å². The van der Waals surface area contributed by atoms with Crippen LogP contribution in [0, 0.1) is 0 Å². The molecule has 0 radical (unpaired) electrons. The Morgan fingerprint density at radius 1 is 1.07 bits per heavy atom. The minimum atomic E-state index is -4.95.